The maximum atomic E-state index is 2.47. The molecule has 0 aromatic heterocycles. The first kappa shape index (κ1) is 32.2. The summed E-state index contributed by atoms with van der Waals surface area (Å²) in [5.74, 6) is 0. The van der Waals surface area contributed by atoms with Crippen molar-refractivity contribution in [2.45, 2.75) is 19.3 Å². The highest BCUT2D eigenvalue weighted by atomic mass is 14.4. The number of hydrogen-bond acceptors (Lipinski definition) is 0. The van der Waals surface area contributed by atoms with Gasteiger partial charge in [-0.2, -0.15) is 0 Å². The Morgan fingerprint density at radius 2 is 0.702 bits per heavy atom. The average molecular weight is 723 g/mol. The highest BCUT2D eigenvalue weighted by molar-refractivity contribution is 6.22. The largest absolute Gasteiger partial charge is 0.0616 e. The van der Waals surface area contributed by atoms with Crippen molar-refractivity contribution in [3.05, 3.63) is 205 Å². The minimum Gasteiger partial charge on any atom is -0.0616 e. The second-order valence-electron chi connectivity index (χ2n) is 16.4. The van der Waals surface area contributed by atoms with E-state index < -0.39 is 0 Å². The van der Waals surface area contributed by atoms with E-state index in [4.69, 9.17) is 0 Å². The highest BCUT2D eigenvalue weighted by Gasteiger charge is 2.36. The summed E-state index contributed by atoms with van der Waals surface area (Å²) >= 11 is 0. The number of hydrogen-bond donors (Lipinski definition) is 0. The molecule has 0 saturated carbocycles. The standard InChI is InChI=1S/C57H38/c1-57(2)55-32-37(26-29-50(55)51-30-27-38(33-56(51)57)52-31-36-14-4-6-16-40(36)42-17-7-9-19-46(42)52)41-21-11-23-45-43(41)22-12-24-48(45)54-34-53-39-15-5-3-13-35(39)25-28-49(53)44-18-8-10-20-47(44)54/h3-34H,1-2H3. The van der Waals surface area contributed by atoms with Gasteiger partial charge in [-0.1, -0.05) is 184 Å². The molecular formula is C57H38. The van der Waals surface area contributed by atoms with Crippen LogP contribution in [0.3, 0.4) is 0 Å². The second kappa shape index (κ2) is 12.0. The van der Waals surface area contributed by atoms with Crippen LogP contribution in [0.5, 0.6) is 0 Å². The Kier molecular flexibility index (Phi) is 6.78. The van der Waals surface area contributed by atoms with Gasteiger partial charge in [0.15, 0.2) is 0 Å². The normalized spacial score (nSPS) is 13.2. The lowest BCUT2D eigenvalue weighted by Gasteiger charge is -2.23. The maximum absolute atomic E-state index is 2.47. The molecule has 11 aromatic rings. The molecule has 0 atom stereocenters. The van der Waals surface area contributed by atoms with Gasteiger partial charge in [0.25, 0.3) is 0 Å². The lowest BCUT2D eigenvalue weighted by molar-refractivity contribution is 0.661. The van der Waals surface area contributed by atoms with Gasteiger partial charge >= 0.3 is 0 Å². The first-order chi connectivity index (χ1) is 28.0. The number of benzene rings is 11. The van der Waals surface area contributed by atoms with Crippen LogP contribution in [-0.4, -0.2) is 0 Å². The van der Waals surface area contributed by atoms with E-state index in [0.29, 0.717) is 0 Å². The third-order valence-electron chi connectivity index (χ3n) is 13.0. The van der Waals surface area contributed by atoms with Gasteiger partial charge in [0.2, 0.25) is 0 Å². The Hall–Kier alpha value is -7.02. The molecule has 1 aliphatic rings. The van der Waals surface area contributed by atoms with Gasteiger partial charge in [0.1, 0.15) is 0 Å². The summed E-state index contributed by atoms with van der Waals surface area (Å²) in [6.45, 7) is 4.80. The molecule has 266 valence electrons. The predicted octanol–water partition coefficient (Wildman–Crippen LogP) is 15.9. The van der Waals surface area contributed by atoms with Crippen LogP contribution in [0.4, 0.5) is 0 Å². The van der Waals surface area contributed by atoms with Crippen LogP contribution >= 0.6 is 0 Å². The Balaban J connectivity index is 0.998. The summed E-state index contributed by atoms with van der Waals surface area (Å²) in [5, 5.41) is 15.5. The third-order valence-corrected chi connectivity index (χ3v) is 13.0. The fraction of sp³-hybridized carbons (Fsp3) is 0.0526. The summed E-state index contributed by atoms with van der Waals surface area (Å²) < 4.78 is 0. The molecule has 12 rings (SSSR count). The van der Waals surface area contributed by atoms with Crippen LogP contribution in [0.15, 0.2) is 194 Å². The molecule has 0 amide bonds. The summed E-state index contributed by atoms with van der Waals surface area (Å²) in [5.41, 5.74) is 12.9. The Morgan fingerprint density at radius 3 is 1.39 bits per heavy atom. The van der Waals surface area contributed by atoms with E-state index in [2.05, 4.69) is 208 Å². The van der Waals surface area contributed by atoms with E-state index in [1.54, 1.807) is 0 Å². The molecule has 0 radical (unpaired) electrons. The lowest BCUT2D eigenvalue weighted by atomic mass is 9.80. The fourth-order valence-electron chi connectivity index (χ4n) is 10.2. The van der Waals surface area contributed by atoms with E-state index >= 15 is 0 Å². The van der Waals surface area contributed by atoms with Gasteiger partial charge in [-0.25, -0.2) is 0 Å². The number of fused-ring (bicyclic) bond motifs is 12. The van der Waals surface area contributed by atoms with Crippen molar-refractivity contribution in [2.24, 2.45) is 0 Å². The smallest absolute Gasteiger partial charge is 0.0159 e. The monoisotopic (exact) mass is 722 g/mol. The molecule has 0 saturated heterocycles. The van der Waals surface area contributed by atoms with Gasteiger partial charge in [0.05, 0.1) is 0 Å². The van der Waals surface area contributed by atoms with Crippen molar-refractivity contribution in [3.8, 4) is 44.5 Å². The van der Waals surface area contributed by atoms with Crippen molar-refractivity contribution < 1.29 is 0 Å². The van der Waals surface area contributed by atoms with Crippen LogP contribution in [0, 0.1) is 0 Å². The van der Waals surface area contributed by atoms with Gasteiger partial charge in [-0.3, -0.25) is 0 Å². The molecule has 0 fully saturated rings. The Labute approximate surface area is 332 Å². The van der Waals surface area contributed by atoms with Crippen LogP contribution in [0.25, 0.3) is 109 Å². The predicted molar refractivity (Wildman–Crippen MR) is 245 cm³/mol. The third kappa shape index (κ3) is 4.68. The van der Waals surface area contributed by atoms with E-state index in [0.717, 1.165) is 0 Å². The molecular weight excluding hydrogens is 685 g/mol. The molecule has 57 heavy (non-hydrogen) atoms. The van der Waals surface area contributed by atoms with Crippen LogP contribution < -0.4 is 0 Å². The summed E-state index contributed by atoms with van der Waals surface area (Å²) in [6, 6.07) is 72.7. The minimum atomic E-state index is -0.161. The Bertz CT molecular complexity index is 3490. The molecule has 0 spiro atoms. The number of rotatable bonds is 3. The second-order valence-corrected chi connectivity index (χ2v) is 16.4. The average Bonchev–Trinajstić information content (AvgIpc) is 3.49. The fourth-order valence-corrected chi connectivity index (χ4v) is 10.2. The zero-order valence-electron chi connectivity index (χ0n) is 32.0. The summed E-state index contributed by atoms with van der Waals surface area (Å²) in [7, 11) is 0. The van der Waals surface area contributed by atoms with E-state index in [1.807, 2.05) is 0 Å². The molecule has 11 aromatic carbocycles. The maximum Gasteiger partial charge on any atom is 0.0159 e. The summed E-state index contributed by atoms with van der Waals surface area (Å²) in [4.78, 5) is 0. The molecule has 0 heteroatoms. The molecule has 0 unspecified atom stereocenters. The zero-order chi connectivity index (χ0) is 37.8. The van der Waals surface area contributed by atoms with Gasteiger partial charge in [-0.05, 0) is 145 Å². The first-order valence-corrected chi connectivity index (χ1v) is 20.1. The summed E-state index contributed by atoms with van der Waals surface area (Å²) in [6.07, 6.45) is 0. The zero-order valence-corrected chi connectivity index (χ0v) is 32.0. The van der Waals surface area contributed by atoms with E-state index in [-0.39, 0.29) is 5.41 Å². The molecule has 1 aliphatic carbocycles. The quantitative estimate of drug-likeness (QED) is 0.159. The topological polar surface area (TPSA) is 0 Å². The van der Waals surface area contributed by atoms with Crippen molar-refractivity contribution in [2.75, 3.05) is 0 Å². The van der Waals surface area contributed by atoms with Crippen molar-refractivity contribution >= 4 is 64.6 Å². The van der Waals surface area contributed by atoms with Crippen LogP contribution in [0.2, 0.25) is 0 Å². The first-order valence-electron chi connectivity index (χ1n) is 20.1. The molecule has 0 nitrogen and oxygen atoms in total. The van der Waals surface area contributed by atoms with E-state index in [9.17, 15) is 0 Å². The van der Waals surface area contributed by atoms with Crippen molar-refractivity contribution in [1.29, 1.82) is 0 Å². The SMILES string of the molecule is CC1(C)c2cc(-c3cccc4c(-c5cc6c7ccccc7ccc6c6ccccc56)cccc34)ccc2-c2ccc(-c3cc4ccccc4c4ccccc34)cc21. The molecule has 0 bridgehead atoms. The molecule has 0 heterocycles. The van der Waals surface area contributed by atoms with Gasteiger partial charge in [0, 0.05) is 5.41 Å². The van der Waals surface area contributed by atoms with Crippen molar-refractivity contribution in [3.63, 3.8) is 0 Å². The molecule has 0 aliphatic heterocycles. The van der Waals surface area contributed by atoms with Crippen molar-refractivity contribution in [1.82, 2.24) is 0 Å². The van der Waals surface area contributed by atoms with Crippen LogP contribution in [0.1, 0.15) is 25.0 Å². The highest BCUT2D eigenvalue weighted by Crippen LogP contribution is 2.52. The van der Waals surface area contributed by atoms with Gasteiger partial charge in [-0.15, -0.1) is 0 Å². The lowest BCUT2D eigenvalue weighted by Crippen LogP contribution is -2.15. The van der Waals surface area contributed by atoms with E-state index in [1.165, 1.54) is 120 Å². The Morgan fingerprint density at radius 1 is 0.246 bits per heavy atom. The minimum absolute atomic E-state index is 0.161. The molecule has 0 N–H and O–H groups in total. The van der Waals surface area contributed by atoms with Crippen LogP contribution in [-0.2, 0) is 5.41 Å². The van der Waals surface area contributed by atoms with Gasteiger partial charge < -0.3 is 0 Å².